The van der Waals surface area contributed by atoms with E-state index in [1.165, 1.54) is 18.4 Å². The first kappa shape index (κ1) is 12.4. The lowest BCUT2D eigenvalue weighted by molar-refractivity contribution is 0.0167. The second kappa shape index (κ2) is 6.03. The van der Waals surface area contributed by atoms with E-state index in [1.807, 2.05) is 19.1 Å². The van der Waals surface area contributed by atoms with Crippen LogP contribution < -0.4 is 5.32 Å². The van der Waals surface area contributed by atoms with Crippen molar-refractivity contribution in [3.8, 4) is 5.75 Å². The van der Waals surface area contributed by atoms with Crippen LogP contribution in [-0.2, 0) is 11.3 Å². The molecule has 0 aromatic heterocycles. The minimum Gasteiger partial charge on any atom is -0.508 e. The third kappa shape index (κ3) is 3.72. The minimum atomic E-state index is 0.343. The van der Waals surface area contributed by atoms with Crippen molar-refractivity contribution in [2.24, 2.45) is 0 Å². The van der Waals surface area contributed by atoms with Crippen molar-refractivity contribution < 1.29 is 9.84 Å². The molecule has 1 heterocycles. The van der Waals surface area contributed by atoms with E-state index in [4.69, 9.17) is 4.74 Å². The van der Waals surface area contributed by atoms with Crippen LogP contribution in [0.1, 0.15) is 30.4 Å². The maximum Gasteiger partial charge on any atom is 0.120 e. The Morgan fingerprint density at radius 2 is 2.29 bits per heavy atom. The van der Waals surface area contributed by atoms with Gasteiger partial charge in [-0.05, 0) is 32.3 Å². The topological polar surface area (TPSA) is 41.5 Å². The maximum absolute atomic E-state index is 9.70. The van der Waals surface area contributed by atoms with Gasteiger partial charge in [-0.2, -0.15) is 0 Å². The quantitative estimate of drug-likeness (QED) is 0.841. The van der Waals surface area contributed by atoms with E-state index in [0.717, 1.165) is 25.1 Å². The number of hydrogen-bond donors (Lipinski definition) is 2. The zero-order valence-electron chi connectivity index (χ0n) is 10.4. The molecular formula is C14H21NO2. The molecule has 0 aliphatic carbocycles. The number of aromatic hydroxyl groups is 1. The Hall–Kier alpha value is -1.06. The summed E-state index contributed by atoms with van der Waals surface area (Å²) in [5.74, 6) is 0.368. The van der Waals surface area contributed by atoms with E-state index in [0.29, 0.717) is 18.4 Å². The fourth-order valence-corrected chi connectivity index (χ4v) is 2.19. The van der Waals surface area contributed by atoms with Crippen molar-refractivity contribution in [2.45, 2.75) is 38.8 Å². The highest BCUT2D eigenvalue weighted by molar-refractivity contribution is 5.35. The highest BCUT2D eigenvalue weighted by Crippen LogP contribution is 2.18. The van der Waals surface area contributed by atoms with Crippen molar-refractivity contribution in [1.29, 1.82) is 0 Å². The van der Waals surface area contributed by atoms with Gasteiger partial charge in [0.15, 0.2) is 0 Å². The Bertz CT molecular complexity index is 359. The van der Waals surface area contributed by atoms with Crippen LogP contribution in [0.5, 0.6) is 5.75 Å². The van der Waals surface area contributed by atoms with Crippen molar-refractivity contribution in [3.63, 3.8) is 0 Å². The first-order valence-corrected chi connectivity index (χ1v) is 6.36. The second-order valence-corrected chi connectivity index (χ2v) is 4.75. The van der Waals surface area contributed by atoms with E-state index >= 15 is 0 Å². The zero-order chi connectivity index (χ0) is 12.1. The fraction of sp³-hybridized carbons (Fsp3) is 0.571. The largest absolute Gasteiger partial charge is 0.508 e. The molecule has 1 aromatic carbocycles. The standard InChI is InChI=1S/C14H21NO2/c1-11-5-6-14(16)12(8-11)9-15-10-13-4-2-3-7-17-13/h5-6,8,13,15-16H,2-4,7,9-10H2,1H3. The maximum atomic E-state index is 9.70. The zero-order valence-corrected chi connectivity index (χ0v) is 10.4. The highest BCUT2D eigenvalue weighted by Gasteiger charge is 2.13. The molecule has 1 aliphatic heterocycles. The van der Waals surface area contributed by atoms with E-state index in [9.17, 15) is 5.11 Å². The summed E-state index contributed by atoms with van der Waals surface area (Å²) in [6.07, 6.45) is 3.94. The fourth-order valence-electron chi connectivity index (χ4n) is 2.19. The molecular weight excluding hydrogens is 214 g/mol. The molecule has 3 nitrogen and oxygen atoms in total. The molecule has 1 fully saturated rings. The Labute approximate surface area is 103 Å². The number of phenolic OH excluding ortho intramolecular Hbond substituents is 1. The van der Waals surface area contributed by atoms with Crippen LogP contribution in [0.15, 0.2) is 18.2 Å². The Morgan fingerprint density at radius 3 is 3.06 bits per heavy atom. The number of ether oxygens (including phenoxy) is 1. The molecule has 0 radical (unpaired) electrons. The van der Waals surface area contributed by atoms with Gasteiger partial charge in [0, 0.05) is 25.3 Å². The predicted octanol–water partition coefficient (Wildman–Crippen LogP) is 2.36. The van der Waals surface area contributed by atoms with E-state index in [2.05, 4.69) is 5.32 Å². The summed E-state index contributed by atoms with van der Waals surface area (Å²) in [7, 11) is 0. The van der Waals surface area contributed by atoms with Crippen LogP contribution >= 0.6 is 0 Å². The molecule has 0 amide bonds. The SMILES string of the molecule is Cc1ccc(O)c(CNCC2CCCCO2)c1. The molecule has 2 rings (SSSR count). The molecule has 0 spiro atoms. The van der Waals surface area contributed by atoms with Crippen molar-refractivity contribution in [3.05, 3.63) is 29.3 Å². The Kier molecular flexibility index (Phi) is 4.40. The van der Waals surface area contributed by atoms with Gasteiger partial charge in [-0.3, -0.25) is 0 Å². The molecule has 2 N–H and O–H groups in total. The summed E-state index contributed by atoms with van der Waals surface area (Å²) in [6, 6.07) is 5.69. The molecule has 1 aliphatic rings. The average Bonchev–Trinajstić information content (AvgIpc) is 2.35. The molecule has 3 heteroatoms. The number of rotatable bonds is 4. The van der Waals surface area contributed by atoms with Crippen LogP contribution in [0.3, 0.4) is 0 Å². The molecule has 1 atom stereocenters. The first-order chi connectivity index (χ1) is 8.25. The summed E-state index contributed by atoms with van der Waals surface area (Å²) in [6.45, 7) is 4.50. The first-order valence-electron chi connectivity index (χ1n) is 6.36. The van der Waals surface area contributed by atoms with E-state index in [1.54, 1.807) is 6.07 Å². The summed E-state index contributed by atoms with van der Waals surface area (Å²) in [5.41, 5.74) is 2.13. The smallest absolute Gasteiger partial charge is 0.120 e. The van der Waals surface area contributed by atoms with Gasteiger partial charge in [-0.25, -0.2) is 0 Å². The summed E-state index contributed by atoms with van der Waals surface area (Å²) in [4.78, 5) is 0. The van der Waals surface area contributed by atoms with Crippen LogP contribution in [0.4, 0.5) is 0 Å². The van der Waals surface area contributed by atoms with Gasteiger partial charge in [0.05, 0.1) is 6.10 Å². The minimum absolute atomic E-state index is 0.343. The lowest BCUT2D eigenvalue weighted by Crippen LogP contribution is -2.31. The number of nitrogens with one attached hydrogen (secondary N) is 1. The monoisotopic (exact) mass is 235 g/mol. The molecule has 1 aromatic rings. The average molecular weight is 235 g/mol. The Morgan fingerprint density at radius 1 is 1.41 bits per heavy atom. The molecule has 1 unspecified atom stereocenters. The van der Waals surface area contributed by atoms with Gasteiger partial charge in [-0.15, -0.1) is 0 Å². The molecule has 94 valence electrons. The summed E-state index contributed by atoms with van der Waals surface area (Å²) < 4.78 is 5.64. The lowest BCUT2D eigenvalue weighted by Gasteiger charge is -2.22. The van der Waals surface area contributed by atoms with Crippen molar-refractivity contribution >= 4 is 0 Å². The van der Waals surface area contributed by atoms with E-state index in [-0.39, 0.29) is 0 Å². The molecule has 0 bridgehead atoms. The van der Waals surface area contributed by atoms with E-state index < -0.39 is 0 Å². The number of phenols is 1. The third-order valence-corrected chi connectivity index (χ3v) is 3.20. The normalized spacial score (nSPS) is 20.4. The summed E-state index contributed by atoms with van der Waals surface area (Å²) >= 11 is 0. The van der Waals surface area contributed by atoms with Crippen LogP contribution in [0, 0.1) is 6.92 Å². The van der Waals surface area contributed by atoms with Gasteiger partial charge < -0.3 is 15.2 Å². The molecule has 0 saturated carbocycles. The van der Waals surface area contributed by atoms with Gasteiger partial charge in [-0.1, -0.05) is 17.7 Å². The van der Waals surface area contributed by atoms with Gasteiger partial charge in [0.1, 0.15) is 5.75 Å². The lowest BCUT2D eigenvalue weighted by atomic mass is 10.1. The number of aryl methyl sites for hydroxylation is 1. The number of benzene rings is 1. The third-order valence-electron chi connectivity index (χ3n) is 3.20. The molecule has 17 heavy (non-hydrogen) atoms. The van der Waals surface area contributed by atoms with Gasteiger partial charge in [0.2, 0.25) is 0 Å². The predicted molar refractivity (Wildman–Crippen MR) is 68.1 cm³/mol. The molecule has 1 saturated heterocycles. The van der Waals surface area contributed by atoms with Crippen molar-refractivity contribution in [2.75, 3.05) is 13.2 Å². The van der Waals surface area contributed by atoms with Crippen LogP contribution in [0.2, 0.25) is 0 Å². The Balaban J connectivity index is 1.79. The van der Waals surface area contributed by atoms with Crippen LogP contribution in [-0.4, -0.2) is 24.4 Å². The highest BCUT2D eigenvalue weighted by atomic mass is 16.5. The van der Waals surface area contributed by atoms with Crippen molar-refractivity contribution in [1.82, 2.24) is 5.32 Å². The second-order valence-electron chi connectivity index (χ2n) is 4.75. The summed E-state index contributed by atoms with van der Waals surface area (Å²) in [5, 5.41) is 13.1. The van der Waals surface area contributed by atoms with Gasteiger partial charge in [0.25, 0.3) is 0 Å². The van der Waals surface area contributed by atoms with Crippen LogP contribution in [0.25, 0.3) is 0 Å². The van der Waals surface area contributed by atoms with Gasteiger partial charge >= 0.3 is 0 Å². The number of hydrogen-bond acceptors (Lipinski definition) is 3.